The minimum atomic E-state index is -1.41. The Labute approximate surface area is 186 Å². The quantitative estimate of drug-likeness (QED) is 0.277. The van der Waals surface area contributed by atoms with Crippen LogP contribution in [0.15, 0.2) is 54.6 Å². The van der Waals surface area contributed by atoms with Gasteiger partial charge in [-0.25, -0.2) is 0 Å². The average Bonchev–Trinajstić information content (AvgIpc) is 3.18. The summed E-state index contributed by atoms with van der Waals surface area (Å²) >= 11 is 17.7. The van der Waals surface area contributed by atoms with Gasteiger partial charge in [-0.2, -0.15) is 0 Å². The fourth-order valence-electron chi connectivity index (χ4n) is 3.60. The maximum Gasteiger partial charge on any atom is 0.311 e. The second kappa shape index (κ2) is 8.48. The number of terminal acetylenes is 1. The van der Waals surface area contributed by atoms with Gasteiger partial charge in [-0.3, -0.25) is 4.79 Å². The van der Waals surface area contributed by atoms with Crippen LogP contribution in [0.5, 0.6) is 11.5 Å². The monoisotopic (exact) mass is 450 g/mol. The van der Waals surface area contributed by atoms with Gasteiger partial charge in [-0.15, -0.1) is 6.42 Å². The van der Waals surface area contributed by atoms with Crippen molar-refractivity contribution < 1.29 is 14.3 Å². The molecule has 6 heteroatoms. The lowest BCUT2D eigenvalue weighted by Crippen LogP contribution is -2.15. The molecule has 3 nitrogen and oxygen atoms in total. The molecule has 0 spiro atoms. The van der Waals surface area contributed by atoms with Gasteiger partial charge in [0, 0.05) is 5.56 Å². The minimum absolute atomic E-state index is 0.0753. The molecule has 0 saturated heterocycles. The molecule has 0 bridgehead atoms. The number of ether oxygens (including phenoxy) is 2. The van der Waals surface area contributed by atoms with Crippen LogP contribution in [0.3, 0.4) is 0 Å². The number of carbonyl (C=O) groups excluding carboxylic acids is 1. The lowest BCUT2D eigenvalue weighted by Gasteiger charge is -2.15. The van der Waals surface area contributed by atoms with Crippen LogP contribution in [0, 0.1) is 29.6 Å². The summed E-state index contributed by atoms with van der Waals surface area (Å²) in [5.74, 6) is 3.02. The SMILES string of the molecule is C#CC(OC(=O)C1C(CC(Cl)(Cl)Cl)C1(C)C)c1cccc(Oc2ccccc2)c1. The van der Waals surface area contributed by atoms with Crippen molar-refractivity contribution in [2.45, 2.75) is 30.2 Å². The van der Waals surface area contributed by atoms with Gasteiger partial charge in [-0.05, 0) is 42.0 Å². The molecule has 0 amide bonds. The number of halogens is 3. The van der Waals surface area contributed by atoms with Crippen molar-refractivity contribution in [2.75, 3.05) is 0 Å². The Hall–Kier alpha value is -1.86. The molecule has 152 valence electrons. The Kier molecular flexibility index (Phi) is 6.39. The molecule has 3 unspecified atom stereocenters. The van der Waals surface area contributed by atoms with Crippen molar-refractivity contribution in [3.05, 3.63) is 60.2 Å². The number of esters is 1. The first-order valence-corrected chi connectivity index (χ1v) is 10.3. The van der Waals surface area contributed by atoms with Crippen molar-refractivity contribution >= 4 is 40.8 Å². The van der Waals surface area contributed by atoms with Crippen LogP contribution in [0.2, 0.25) is 0 Å². The van der Waals surface area contributed by atoms with E-state index in [0.717, 1.165) is 0 Å². The highest BCUT2D eigenvalue weighted by atomic mass is 35.6. The fourth-order valence-corrected chi connectivity index (χ4v) is 4.09. The number of carbonyl (C=O) groups is 1. The van der Waals surface area contributed by atoms with Crippen LogP contribution >= 0.6 is 34.8 Å². The standard InChI is InChI=1S/C23H21Cl3O3/c1-4-19(29-21(27)20-18(22(20,2)3)14-23(24,25)26)15-9-8-12-17(13-15)28-16-10-6-5-7-11-16/h1,5-13,18-20H,14H2,2-3H3. The van der Waals surface area contributed by atoms with Crippen LogP contribution in [0.4, 0.5) is 0 Å². The zero-order valence-electron chi connectivity index (χ0n) is 16.1. The summed E-state index contributed by atoms with van der Waals surface area (Å²) in [6.45, 7) is 3.92. The minimum Gasteiger partial charge on any atom is -0.457 e. The molecule has 29 heavy (non-hydrogen) atoms. The Balaban J connectivity index is 1.70. The number of para-hydroxylation sites is 1. The fraction of sp³-hybridized carbons (Fsp3) is 0.348. The van der Waals surface area contributed by atoms with E-state index in [2.05, 4.69) is 5.92 Å². The van der Waals surface area contributed by atoms with Crippen molar-refractivity contribution in [2.24, 2.45) is 17.3 Å². The third kappa shape index (κ3) is 5.39. The number of benzene rings is 2. The lowest BCUT2D eigenvalue weighted by atomic mass is 10.1. The molecule has 1 saturated carbocycles. The Morgan fingerprint density at radius 2 is 1.79 bits per heavy atom. The molecular weight excluding hydrogens is 431 g/mol. The smallest absolute Gasteiger partial charge is 0.311 e. The maximum absolute atomic E-state index is 12.8. The summed E-state index contributed by atoms with van der Waals surface area (Å²) in [5.41, 5.74) is 0.351. The normalized spacial score (nSPS) is 21.0. The molecule has 0 heterocycles. The molecule has 0 aliphatic heterocycles. The van der Waals surface area contributed by atoms with E-state index in [9.17, 15) is 4.79 Å². The van der Waals surface area contributed by atoms with Crippen LogP contribution in [-0.4, -0.2) is 9.76 Å². The second-order valence-electron chi connectivity index (χ2n) is 7.70. The van der Waals surface area contributed by atoms with Crippen molar-refractivity contribution in [3.8, 4) is 23.8 Å². The predicted molar refractivity (Wildman–Crippen MR) is 116 cm³/mol. The van der Waals surface area contributed by atoms with Crippen molar-refractivity contribution in [1.29, 1.82) is 0 Å². The van der Waals surface area contributed by atoms with Crippen LogP contribution in [-0.2, 0) is 9.53 Å². The molecular formula is C23H21Cl3O3. The summed E-state index contributed by atoms with van der Waals surface area (Å²) in [7, 11) is 0. The van der Waals surface area contributed by atoms with Gasteiger partial charge < -0.3 is 9.47 Å². The van der Waals surface area contributed by atoms with E-state index in [4.69, 9.17) is 50.7 Å². The Morgan fingerprint density at radius 1 is 1.14 bits per heavy atom. The topological polar surface area (TPSA) is 35.5 Å². The number of alkyl halides is 3. The molecule has 1 fully saturated rings. The highest BCUT2D eigenvalue weighted by Gasteiger charge is 2.64. The predicted octanol–water partition coefficient (Wildman–Crippen LogP) is 6.73. The average molecular weight is 452 g/mol. The van der Waals surface area contributed by atoms with E-state index in [1.165, 1.54) is 0 Å². The summed E-state index contributed by atoms with van der Waals surface area (Å²) in [6, 6.07) is 16.6. The molecule has 3 atom stereocenters. The molecule has 0 radical (unpaired) electrons. The van der Waals surface area contributed by atoms with Crippen molar-refractivity contribution in [1.82, 2.24) is 0 Å². The van der Waals surface area contributed by atoms with E-state index >= 15 is 0 Å². The summed E-state index contributed by atoms with van der Waals surface area (Å²) in [4.78, 5) is 12.8. The zero-order valence-corrected chi connectivity index (χ0v) is 18.3. The number of hydrogen-bond acceptors (Lipinski definition) is 3. The van der Waals surface area contributed by atoms with Gasteiger partial charge >= 0.3 is 5.97 Å². The highest BCUT2D eigenvalue weighted by Crippen LogP contribution is 2.63. The largest absolute Gasteiger partial charge is 0.457 e. The first-order valence-electron chi connectivity index (χ1n) is 9.18. The van der Waals surface area contributed by atoms with Gasteiger partial charge in [0.2, 0.25) is 0 Å². The number of rotatable bonds is 6. The van der Waals surface area contributed by atoms with E-state index < -0.39 is 9.90 Å². The van der Waals surface area contributed by atoms with Gasteiger partial charge in [0.15, 0.2) is 9.90 Å². The van der Waals surface area contributed by atoms with Gasteiger partial charge in [-0.1, -0.05) is 84.9 Å². The Bertz CT molecular complexity index is 913. The van der Waals surface area contributed by atoms with Crippen LogP contribution < -0.4 is 4.74 Å². The highest BCUT2D eigenvalue weighted by molar-refractivity contribution is 6.67. The van der Waals surface area contributed by atoms with Gasteiger partial charge in [0.1, 0.15) is 11.5 Å². The van der Waals surface area contributed by atoms with E-state index in [-0.39, 0.29) is 29.6 Å². The molecule has 1 aliphatic rings. The lowest BCUT2D eigenvalue weighted by molar-refractivity contribution is -0.149. The van der Waals surface area contributed by atoms with Gasteiger partial charge in [0.05, 0.1) is 5.92 Å². The van der Waals surface area contributed by atoms with E-state index in [1.807, 2.05) is 50.2 Å². The van der Waals surface area contributed by atoms with E-state index in [0.29, 0.717) is 17.1 Å². The first-order chi connectivity index (χ1) is 13.6. The third-order valence-electron chi connectivity index (χ3n) is 5.28. The maximum atomic E-state index is 12.8. The summed E-state index contributed by atoms with van der Waals surface area (Å²) in [6.07, 6.45) is 5.11. The molecule has 1 aliphatic carbocycles. The molecule has 2 aromatic carbocycles. The molecule has 0 aromatic heterocycles. The number of hydrogen-bond donors (Lipinski definition) is 0. The second-order valence-corrected chi connectivity index (χ2v) is 10.2. The Morgan fingerprint density at radius 3 is 2.41 bits per heavy atom. The third-order valence-corrected chi connectivity index (χ3v) is 5.74. The molecule has 3 rings (SSSR count). The van der Waals surface area contributed by atoms with Crippen LogP contribution in [0.25, 0.3) is 0 Å². The molecule has 0 N–H and O–H groups in total. The van der Waals surface area contributed by atoms with Crippen molar-refractivity contribution in [3.63, 3.8) is 0 Å². The summed E-state index contributed by atoms with van der Waals surface area (Å²) < 4.78 is 10.1. The molecule has 2 aromatic rings. The summed E-state index contributed by atoms with van der Waals surface area (Å²) in [5, 5.41) is 0. The van der Waals surface area contributed by atoms with Crippen LogP contribution in [0.1, 0.15) is 31.9 Å². The van der Waals surface area contributed by atoms with Gasteiger partial charge in [0.25, 0.3) is 0 Å². The zero-order chi connectivity index (χ0) is 21.2. The van der Waals surface area contributed by atoms with E-state index in [1.54, 1.807) is 18.2 Å². The first kappa shape index (κ1) is 21.8.